The molecule has 1 N–H and O–H groups in total. The molecule has 0 aliphatic carbocycles. The monoisotopic (exact) mass is 449 g/mol. The highest BCUT2D eigenvalue weighted by molar-refractivity contribution is 7.89. The van der Waals surface area contributed by atoms with E-state index in [2.05, 4.69) is 29.0 Å². The largest absolute Gasteiger partial charge is 0.339 e. The van der Waals surface area contributed by atoms with Crippen LogP contribution in [0.1, 0.15) is 38.2 Å². The Morgan fingerprint density at radius 1 is 1.13 bits per heavy atom. The summed E-state index contributed by atoms with van der Waals surface area (Å²) in [6.45, 7) is 7.25. The molecule has 2 aliphatic rings. The van der Waals surface area contributed by atoms with Gasteiger partial charge in [0.15, 0.2) is 5.03 Å². The van der Waals surface area contributed by atoms with Crippen LogP contribution < -0.4 is 5.32 Å². The molecule has 170 valence electrons. The van der Waals surface area contributed by atoms with E-state index in [9.17, 15) is 12.8 Å². The first-order chi connectivity index (χ1) is 14.7. The maximum Gasteiger partial charge on any atom is 0.262 e. The van der Waals surface area contributed by atoms with E-state index >= 15 is 0 Å². The third-order valence-electron chi connectivity index (χ3n) is 6.58. The second kappa shape index (κ2) is 8.97. The van der Waals surface area contributed by atoms with Crippen LogP contribution in [0.15, 0.2) is 41.8 Å². The van der Waals surface area contributed by atoms with Crippen LogP contribution in [0, 0.1) is 5.82 Å². The van der Waals surface area contributed by atoms with Crippen LogP contribution >= 0.6 is 0 Å². The van der Waals surface area contributed by atoms with Gasteiger partial charge in [-0.15, -0.1) is 0 Å². The first-order valence-electron chi connectivity index (χ1n) is 11.0. The fraction of sp³-hybridized carbons (Fsp3) is 0.591. The van der Waals surface area contributed by atoms with Gasteiger partial charge in [-0.3, -0.25) is 0 Å². The maximum absolute atomic E-state index is 13.5. The van der Waals surface area contributed by atoms with Crippen molar-refractivity contribution in [3.05, 3.63) is 48.2 Å². The molecule has 2 fully saturated rings. The van der Waals surface area contributed by atoms with Crippen LogP contribution in [0.4, 0.5) is 4.39 Å². The molecule has 3 heterocycles. The topological polar surface area (TPSA) is 70.5 Å². The summed E-state index contributed by atoms with van der Waals surface area (Å²) in [5.41, 5.74) is 0.956. The fourth-order valence-corrected chi connectivity index (χ4v) is 6.18. The van der Waals surface area contributed by atoms with Gasteiger partial charge in [-0.05, 0) is 57.5 Å². The number of benzene rings is 1. The van der Waals surface area contributed by atoms with E-state index in [1.165, 1.54) is 29.0 Å². The molecule has 0 saturated carbocycles. The molecule has 1 aromatic heterocycles. The van der Waals surface area contributed by atoms with Crippen molar-refractivity contribution in [1.82, 2.24) is 24.1 Å². The smallest absolute Gasteiger partial charge is 0.262 e. The van der Waals surface area contributed by atoms with Crippen LogP contribution in [0.2, 0.25) is 0 Å². The second-order valence-corrected chi connectivity index (χ2v) is 10.9. The molecule has 2 unspecified atom stereocenters. The summed E-state index contributed by atoms with van der Waals surface area (Å²) in [5.74, 6) is -0.326. The quantitative estimate of drug-likeness (QED) is 0.732. The van der Waals surface area contributed by atoms with Gasteiger partial charge in [0.25, 0.3) is 10.0 Å². The lowest BCUT2D eigenvalue weighted by Gasteiger charge is -2.36. The molecule has 0 bridgehead atoms. The van der Waals surface area contributed by atoms with E-state index in [4.69, 9.17) is 0 Å². The van der Waals surface area contributed by atoms with Crippen molar-refractivity contribution in [2.75, 3.05) is 26.2 Å². The molecule has 0 radical (unpaired) electrons. The van der Waals surface area contributed by atoms with Gasteiger partial charge in [-0.25, -0.2) is 17.8 Å². The van der Waals surface area contributed by atoms with Gasteiger partial charge in [-0.2, -0.15) is 4.31 Å². The van der Waals surface area contributed by atoms with E-state index in [1.54, 1.807) is 23.7 Å². The molecule has 9 heteroatoms. The maximum atomic E-state index is 13.5. The molecule has 2 aromatic rings. The van der Waals surface area contributed by atoms with Gasteiger partial charge in [0.1, 0.15) is 5.82 Å². The van der Waals surface area contributed by atoms with Crippen molar-refractivity contribution in [1.29, 1.82) is 0 Å². The fourth-order valence-electron chi connectivity index (χ4n) is 4.72. The molecule has 31 heavy (non-hydrogen) atoms. The minimum Gasteiger partial charge on any atom is -0.339 e. The average Bonchev–Trinajstić information content (AvgIpc) is 3.36. The van der Waals surface area contributed by atoms with Crippen molar-refractivity contribution >= 4 is 10.0 Å². The van der Waals surface area contributed by atoms with E-state index < -0.39 is 10.0 Å². The zero-order chi connectivity index (χ0) is 22.2. The van der Waals surface area contributed by atoms with Gasteiger partial charge in [0.2, 0.25) is 0 Å². The van der Waals surface area contributed by atoms with Crippen molar-refractivity contribution in [3.8, 4) is 0 Å². The van der Waals surface area contributed by atoms with E-state index in [-0.39, 0.29) is 22.8 Å². The number of rotatable bonds is 6. The average molecular weight is 450 g/mol. The molecule has 1 aromatic carbocycles. The number of piperidine rings is 1. The molecule has 2 saturated heterocycles. The third-order valence-corrected chi connectivity index (χ3v) is 8.30. The highest BCUT2D eigenvalue weighted by atomic mass is 32.2. The molecule has 7 nitrogen and oxygen atoms in total. The van der Waals surface area contributed by atoms with E-state index in [0.717, 1.165) is 31.5 Å². The normalized spacial score (nSPS) is 24.3. The minimum atomic E-state index is -3.68. The molecule has 2 aliphatic heterocycles. The number of imidazole rings is 1. The first-order valence-corrected chi connectivity index (χ1v) is 12.4. The van der Waals surface area contributed by atoms with Crippen molar-refractivity contribution in [3.63, 3.8) is 0 Å². The Hall–Kier alpha value is -1.81. The van der Waals surface area contributed by atoms with Gasteiger partial charge >= 0.3 is 0 Å². The molecule has 0 amide bonds. The Labute approximate surface area is 184 Å². The lowest BCUT2D eigenvalue weighted by Crippen LogP contribution is -2.49. The SMILES string of the molecule is CC(C)N1CCC(NC2CN(S(=O)(=O)c3cn(C)cn3)CC2c2ccc(F)cc2)CC1. The Bertz CT molecular complexity index is 984. The number of aryl methyl sites for hydroxylation is 1. The number of aromatic nitrogens is 2. The first kappa shape index (κ1) is 22.4. The van der Waals surface area contributed by atoms with Crippen molar-refractivity contribution < 1.29 is 12.8 Å². The summed E-state index contributed by atoms with van der Waals surface area (Å²) in [6, 6.07) is 7.30. The molecule has 0 spiro atoms. The predicted octanol–water partition coefficient (Wildman–Crippen LogP) is 2.18. The summed E-state index contributed by atoms with van der Waals surface area (Å²) >= 11 is 0. The zero-order valence-corrected chi connectivity index (χ0v) is 19.2. The summed E-state index contributed by atoms with van der Waals surface area (Å²) in [7, 11) is -1.93. The van der Waals surface area contributed by atoms with Crippen LogP contribution in [-0.2, 0) is 17.1 Å². The summed E-state index contributed by atoms with van der Waals surface area (Å²) < 4.78 is 43.0. The van der Waals surface area contributed by atoms with Crippen molar-refractivity contribution in [2.24, 2.45) is 7.05 Å². The highest BCUT2D eigenvalue weighted by Gasteiger charge is 2.41. The Morgan fingerprint density at radius 3 is 2.39 bits per heavy atom. The summed E-state index contributed by atoms with van der Waals surface area (Å²) in [4.78, 5) is 6.54. The van der Waals surface area contributed by atoms with Gasteiger partial charge < -0.3 is 14.8 Å². The summed E-state index contributed by atoms with van der Waals surface area (Å²) in [6.07, 6.45) is 5.11. The number of nitrogens with zero attached hydrogens (tertiary/aromatic N) is 4. The Kier molecular flexibility index (Phi) is 6.48. The van der Waals surface area contributed by atoms with Gasteiger partial charge in [0.05, 0.1) is 6.33 Å². The number of likely N-dealkylation sites (tertiary alicyclic amines) is 1. The second-order valence-electron chi connectivity index (χ2n) is 9.03. The van der Waals surface area contributed by atoms with Gasteiger partial charge in [-0.1, -0.05) is 12.1 Å². The lowest BCUT2D eigenvalue weighted by molar-refractivity contribution is 0.156. The minimum absolute atomic E-state index is 0.0282. The number of nitrogens with one attached hydrogen (secondary N) is 1. The molecule has 2 atom stereocenters. The number of sulfonamides is 1. The number of hydrogen-bond acceptors (Lipinski definition) is 5. The van der Waals surface area contributed by atoms with E-state index in [0.29, 0.717) is 25.2 Å². The number of hydrogen-bond donors (Lipinski definition) is 1. The van der Waals surface area contributed by atoms with Crippen LogP contribution in [0.5, 0.6) is 0 Å². The highest BCUT2D eigenvalue weighted by Crippen LogP contribution is 2.32. The third kappa shape index (κ3) is 4.84. The van der Waals surface area contributed by atoms with Crippen molar-refractivity contribution in [2.45, 2.75) is 55.8 Å². The van der Waals surface area contributed by atoms with Gasteiger partial charge in [0, 0.05) is 50.4 Å². The lowest BCUT2D eigenvalue weighted by atomic mass is 9.92. The van der Waals surface area contributed by atoms with E-state index in [1.807, 2.05) is 0 Å². The number of halogens is 1. The molecular weight excluding hydrogens is 417 g/mol. The van der Waals surface area contributed by atoms with Crippen LogP contribution in [0.25, 0.3) is 0 Å². The Balaban J connectivity index is 1.53. The Morgan fingerprint density at radius 2 is 1.81 bits per heavy atom. The van der Waals surface area contributed by atoms with Crippen LogP contribution in [-0.4, -0.2) is 71.5 Å². The zero-order valence-electron chi connectivity index (χ0n) is 18.4. The van der Waals surface area contributed by atoms with Crippen LogP contribution in [0.3, 0.4) is 0 Å². The summed E-state index contributed by atoms with van der Waals surface area (Å²) in [5, 5.41) is 3.82. The molecular formula is C22H32FN5O2S. The standard InChI is InChI=1S/C22H32FN5O2S/c1-16(2)27-10-8-19(9-11-27)25-21-13-28(31(29,30)22-14-26(3)15-24-22)12-20(21)17-4-6-18(23)7-5-17/h4-7,14-16,19-21,25H,8-13H2,1-3H3. The molecule has 4 rings (SSSR count). The predicted molar refractivity (Wildman–Crippen MR) is 118 cm³/mol.